The highest BCUT2D eigenvalue weighted by molar-refractivity contribution is 5.52. The molecule has 5 nitrogen and oxygen atoms in total. The van der Waals surface area contributed by atoms with Crippen molar-refractivity contribution in [2.75, 3.05) is 0 Å². The smallest absolute Gasteiger partial charge is 0.227 e. The molecular formula is C6H8N2O3. The number of phenols is 1. The summed E-state index contributed by atoms with van der Waals surface area (Å²) in [4.78, 5) is -2.10. The van der Waals surface area contributed by atoms with E-state index in [2.05, 4.69) is 0 Å². The third kappa shape index (κ3) is 1.66. The fourth-order valence-electron chi connectivity index (χ4n) is 0.735. The zero-order chi connectivity index (χ0) is 8.48. The summed E-state index contributed by atoms with van der Waals surface area (Å²) in [6.07, 6.45) is 0. The number of nitrogens with zero attached hydrogens (tertiary/aromatic N) is 1. The first kappa shape index (κ1) is 7.96. The van der Waals surface area contributed by atoms with Crippen molar-refractivity contribution in [2.45, 2.75) is 0 Å². The van der Waals surface area contributed by atoms with Crippen molar-refractivity contribution in [1.29, 1.82) is 0 Å². The van der Waals surface area contributed by atoms with Gasteiger partial charge >= 0.3 is 0 Å². The van der Waals surface area contributed by atoms with Crippen molar-refractivity contribution < 1.29 is 10.3 Å². The molecule has 0 saturated heterocycles. The first-order valence-electron chi connectivity index (χ1n) is 2.92. The molecule has 11 heavy (non-hydrogen) atoms. The van der Waals surface area contributed by atoms with Crippen LogP contribution in [0, 0.1) is 5.21 Å². The Hall–Kier alpha value is -1.14. The lowest BCUT2D eigenvalue weighted by Gasteiger charge is -2.25. The quantitative estimate of drug-likeness (QED) is 0.313. The van der Waals surface area contributed by atoms with Crippen molar-refractivity contribution in [3.63, 3.8) is 0 Å². The van der Waals surface area contributed by atoms with E-state index in [1.54, 1.807) is 0 Å². The fourth-order valence-corrected chi connectivity index (χ4v) is 0.735. The number of aromatic hydroxyl groups is 1. The molecule has 0 heterocycles. The van der Waals surface area contributed by atoms with Gasteiger partial charge in [-0.1, -0.05) is 12.1 Å². The zero-order valence-electron chi connectivity index (χ0n) is 5.64. The van der Waals surface area contributed by atoms with Gasteiger partial charge in [0, 0.05) is 6.07 Å². The van der Waals surface area contributed by atoms with Gasteiger partial charge in [-0.2, -0.15) is 5.21 Å². The molecule has 0 aromatic heterocycles. The predicted molar refractivity (Wildman–Crippen MR) is 39.2 cm³/mol. The average Bonchev–Trinajstić information content (AvgIpc) is 1.86. The summed E-state index contributed by atoms with van der Waals surface area (Å²) in [6.45, 7) is 0. The molecule has 1 aromatic carbocycles. The predicted octanol–water partition coefficient (Wildman–Crippen LogP) is 0.460. The maximum absolute atomic E-state index is 10.6. The number of para-hydroxylation sites is 2. The lowest BCUT2D eigenvalue weighted by molar-refractivity contribution is -0.0341. The molecule has 4 N–H and O–H groups in total. The minimum absolute atomic E-state index is 0.285. The molecule has 60 valence electrons. The van der Waals surface area contributed by atoms with Crippen LogP contribution in [0.2, 0.25) is 0 Å². The lowest BCUT2D eigenvalue weighted by atomic mass is 10.3. The first-order chi connectivity index (χ1) is 5.02. The summed E-state index contributed by atoms with van der Waals surface area (Å²) in [5.74, 6) is 4.41. The van der Waals surface area contributed by atoms with Crippen LogP contribution in [-0.4, -0.2) is 10.3 Å². The molecule has 0 saturated carbocycles. The van der Waals surface area contributed by atoms with Crippen LogP contribution in [0.4, 0.5) is 5.69 Å². The highest BCUT2D eigenvalue weighted by Crippen LogP contribution is 2.26. The maximum Gasteiger partial charge on any atom is 0.227 e. The van der Waals surface area contributed by atoms with Gasteiger partial charge in [-0.25, -0.2) is 0 Å². The Kier molecular flexibility index (Phi) is 1.79. The summed E-state index contributed by atoms with van der Waals surface area (Å²) in [7, 11) is 0. The van der Waals surface area contributed by atoms with Gasteiger partial charge in [0.05, 0.1) is 0 Å². The molecule has 1 aromatic rings. The Morgan fingerprint density at radius 1 is 1.36 bits per heavy atom. The molecule has 0 radical (unpaired) electrons. The Morgan fingerprint density at radius 3 is 2.27 bits per heavy atom. The van der Waals surface area contributed by atoms with Crippen LogP contribution >= 0.6 is 0 Å². The SMILES string of the molecule is N[N+]([O-])(O)c1ccccc1O. The number of rotatable bonds is 1. The van der Waals surface area contributed by atoms with Crippen molar-refractivity contribution in [1.82, 2.24) is 4.92 Å². The summed E-state index contributed by atoms with van der Waals surface area (Å²) in [5, 5.41) is 28.3. The topological polar surface area (TPSA) is 89.5 Å². The van der Waals surface area contributed by atoms with Crippen molar-refractivity contribution >= 4 is 5.69 Å². The number of hydrogen-bond acceptors (Lipinski definition) is 4. The second-order valence-electron chi connectivity index (χ2n) is 2.11. The third-order valence-corrected chi connectivity index (χ3v) is 1.23. The minimum Gasteiger partial charge on any atom is -0.573 e. The average molecular weight is 156 g/mol. The molecule has 0 aliphatic heterocycles. The van der Waals surface area contributed by atoms with E-state index in [1.807, 2.05) is 0 Å². The van der Waals surface area contributed by atoms with Crippen molar-refractivity contribution in [2.24, 2.45) is 5.84 Å². The van der Waals surface area contributed by atoms with Crippen LogP contribution in [0.1, 0.15) is 0 Å². The van der Waals surface area contributed by atoms with Crippen LogP contribution in [0.5, 0.6) is 5.75 Å². The van der Waals surface area contributed by atoms with Crippen molar-refractivity contribution in [3.8, 4) is 5.75 Å². The number of benzene rings is 1. The van der Waals surface area contributed by atoms with Gasteiger partial charge in [0.25, 0.3) is 0 Å². The summed E-state index contributed by atoms with van der Waals surface area (Å²) in [6, 6.07) is 5.52. The van der Waals surface area contributed by atoms with Gasteiger partial charge < -0.3 is 10.3 Å². The van der Waals surface area contributed by atoms with E-state index in [1.165, 1.54) is 24.3 Å². The van der Waals surface area contributed by atoms with Gasteiger partial charge in [-0.15, -0.1) is 10.8 Å². The first-order valence-corrected chi connectivity index (χ1v) is 2.92. The number of phenolic OH excluding ortho intramolecular Hbond substituents is 1. The van der Waals surface area contributed by atoms with E-state index in [0.717, 1.165) is 0 Å². The van der Waals surface area contributed by atoms with Gasteiger partial charge in [-0.05, 0) is 6.07 Å². The lowest BCUT2D eigenvalue weighted by Crippen LogP contribution is -2.46. The Balaban J connectivity index is 3.14. The second kappa shape index (κ2) is 2.48. The Labute approximate surface area is 63.0 Å². The van der Waals surface area contributed by atoms with Crippen LogP contribution in [0.25, 0.3) is 0 Å². The van der Waals surface area contributed by atoms with Gasteiger partial charge in [-0.3, -0.25) is 0 Å². The van der Waals surface area contributed by atoms with Crippen LogP contribution in [0.15, 0.2) is 24.3 Å². The molecule has 1 atom stereocenters. The van der Waals surface area contributed by atoms with Crippen LogP contribution < -0.4 is 10.8 Å². The van der Waals surface area contributed by atoms with E-state index < -0.39 is 4.92 Å². The van der Waals surface area contributed by atoms with E-state index in [9.17, 15) is 5.21 Å². The Bertz CT molecular complexity index is 256. The number of quaternary nitrogens is 1. The number of hydrogen-bond donors (Lipinski definition) is 3. The Morgan fingerprint density at radius 2 is 1.91 bits per heavy atom. The molecule has 0 spiro atoms. The molecule has 1 rings (SSSR count). The molecule has 0 bridgehead atoms. The largest absolute Gasteiger partial charge is 0.573 e. The number of nitrogens with two attached hydrogens (primary N) is 1. The standard InChI is InChI=1S/C6H8N2O3/c7-8(10,11)5-3-1-2-4-6(5)9/h1-4,9-10H,7H2. The maximum atomic E-state index is 10.6. The second-order valence-corrected chi connectivity index (χ2v) is 2.11. The summed E-state index contributed by atoms with van der Waals surface area (Å²) in [5.41, 5.74) is -0.285. The summed E-state index contributed by atoms with van der Waals surface area (Å²) >= 11 is 0. The highest BCUT2D eigenvalue weighted by atomic mass is 16.9. The van der Waals surface area contributed by atoms with Crippen LogP contribution in [-0.2, 0) is 0 Å². The minimum atomic E-state index is -2.10. The molecule has 0 aliphatic rings. The molecular weight excluding hydrogens is 148 g/mol. The monoisotopic (exact) mass is 156 g/mol. The van der Waals surface area contributed by atoms with Gasteiger partial charge in [0.1, 0.15) is 0 Å². The van der Waals surface area contributed by atoms with Crippen molar-refractivity contribution in [3.05, 3.63) is 29.5 Å². The normalized spacial score (nSPS) is 15.9. The third-order valence-electron chi connectivity index (χ3n) is 1.23. The highest BCUT2D eigenvalue weighted by Gasteiger charge is 2.16. The summed E-state index contributed by atoms with van der Waals surface area (Å²) < 4.78 is 0. The molecule has 0 fully saturated rings. The fraction of sp³-hybridized carbons (Fsp3) is 0. The zero-order valence-corrected chi connectivity index (χ0v) is 5.64. The molecule has 0 amide bonds. The van der Waals surface area contributed by atoms with Crippen LogP contribution in [0.3, 0.4) is 0 Å². The van der Waals surface area contributed by atoms with Gasteiger partial charge in [0.15, 0.2) is 5.75 Å². The molecule has 0 aliphatic carbocycles. The van der Waals surface area contributed by atoms with Gasteiger partial charge in [0.2, 0.25) is 5.69 Å². The van der Waals surface area contributed by atoms with E-state index >= 15 is 0 Å². The van der Waals surface area contributed by atoms with E-state index in [-0.39, 0.29) is 11.4 Å². The van der Waals surface area contributed by atoms with E-state index in [4.69, 9.17) is 16.2 Å². The van der Waals surface area contributed by atoms with E-state index in [0.29, 0.717) is 0 Å². The molecule has 5 heteroatoms. The molecule has 1 unspecified atom stereocenters.